The molecule has 0 fully saturated rings. The van der Waals surface area contributed by atoms with Crippen LogP contribution in [0, 0.1) is 0 Å². The Morgan fingerprint density at radius 1 is 1.18 bits per heavy atom. The number of hydrogen-bond donors (Lipinski definition) is 0. The lowest BCUT2D eigenvalue weighted by molar-refractivity contribution is 0.653. The van der Waals surface area contributed by atoms with Gasteiger partial charge >= 0.3 is 0 Å². The number of rotatable bonds is 3. The zero-order valence-corrected chi connectivity index (χ0v) is 11.0. The van der Waals surface area contributed by atoms with Crippen LogP contribution in [0.5, 0.6) is 0 Å². The maximum atomic E-state index is 3.96. The van der Waals surface area contributed by atoms with Gasteiger partial charge < -0.3 is 0 Å². The average molecular weight is 224 g/mol. The van der Waals surface area contributed by atoms with Crippen molar-refractivity contribution < 1.29 is 0 Å². The molecule has 0 aliphatic heterocycles. The SMILES string of the molecule is C=CC1=C(C=C)C(C)(C)c2cc(CC)ccc21. The minimum Gasteiger partial charge on any atom is -0.0987 e. The molecule has 0 nitrogen and oxygen atoms in total. The van der Waals surface area contributed by atoms with Crippen molar-refractivity contribution in [3.05, 3.63) is 65.8 Å². The minimum atomic E-state index is 0.0474. The van der Waals surface area contributed by atoms with Gasteiger partial charge in [-0.25, -0.2) is 0 Å². The smallest absolute Gasteiger partial charge is 0.0158 e. The van der Waals surface area contributed by atoms with E-state index in [1.165, 1.54) is 27.8 Å². The van der Waals surface area contributed by atoms with Gasteiger partial charge in [-0.05, 0) is 34.3 Å². The van der Waals surface area contributed by atoms with Gasteiger partial charge in [-0.1, -0.05) is 64.3 Å². The number of aryl methyl sites for hydroxylation is 1. The summed E-state index contributed by atoms with van der Waals surface area (Å²) in [4.78, 5) is 0. The molecule has 0 spiro atoms. The molecule has 0 heteroatoms. The van der Waals surface area contributed by atoms with E-state index in [2.05, 4.69) is 52.1 Å². The molecule has 1 aromatic carbocycles. The van der Waals surface area contributed by atoms with Crippen molar-refractivity contribution in [2.45, 2.75) is 32.6 Å². The van der Waals surface area contributed by atoms with E-state index in [9.17, 15) is 0 Å². The van der Waals surface area contributed by atoms with Crippen LogP contribution in [0.3, 0.4) is 0 Å². The van der Waals surface area contributed by atoms with E-state index in [4.69, 9.17) is 0 Å². The third kappa shape index (κ3) is 1.59. The van der Waals surface area contributed by atoms with Gasteiger partial charge in [0.25, 0.3) is 0 Å². The van der Waals surface area contributed by atoms with Gasteiger partial charge in [-0.15, -0.1) is 0 Å². The number of hydrogen-bond acceptors (Lipinski definition) is 0. The van der Waals surface area contributed by atoms with E-state index in [0.29, 0.717) is 0 Å². The second-order valence-corrected chi connectivity index (χ2v) is 5.09. The minimum absolute atomic E-state index is 0.0474. The van der Waals surface area contributed by atoms with Gasteiger partial charge in [-0.3, -0.25) is 0 Å². The lowest BCUT2D eigenvalue weighted by Crippen LogP contribution is -2.16. The van der Waals surface area contributed by atoms with Crippen LogP contribution in [0.15, 0.2) is 49.1 Å². The van der Waals surface area contributed by atoms with Crippen LogP contribution >= 0.6 is 0 Å². The summed E-state index contributed by atoms with van der Waals surface area (Å²) in [5.74, 6) is 0. The fourth-order valence-electron chi connectivity index (χ4n) is 2.78. The summed E-state index contributed by atoms with van der Waals surface area (Å²) in [5, 5.41) is 0. The summed E-state index contributed by atoms with van der Waals surface area (Å²) in [6.45, 7) is 14.6. The molecule has 0 N–H and O–H groups in total. The molecule has 1 aliphatic carbocycles. The van der Waals surface area contributed by atoms with Crippen molar-refractivity contribution in [1.82, 2.24) is 0 Å². The molecule has 17 heavy (non-hydrogen) atoms. The summed E-state index contributed by atoms with van der Waals surface area (Å²) in [5.41, 5.74) is 6.69. The first-order chi connectivity index (χ1) is 8.06. The molecule has 0 saturated carbocycles. The van der Waals surface area contributed by atoms with E-state index in [0.717, 1.165) is 6.42 Å². The van der Waals surface area contributed by atoms with Crippen molar-refractivity contribution in [3.8, 4) is 0 Å². The largest absolute Gasteiger partial charge is 0.0987 e. The highest BCUT2D eigenvalue weighted by Crippen LogP contribution is 2.47. The Kier molecular flexibility index (Phi) is 2.82. The second-order valence-electron chi connectivity index (χ2n) is 5.09. The number of fused-ring (bicyclic) bond motifs is 1. The van der Waals surface area contributed by atoms with Crippen LogP contribution in [-0.4, -0.2) is 0 Å². The molecule has 0 radical (unpaired) electrons. The molecule has 1 aromatic rings. The Morgan fingerprint density at radius 3 is 2.41 bits per heavy atom. The van der Waals surface area contributed by atoms with Gasteiger partial charge in [-0.2, -0.15) is 0 Å². The quantitative estimate of drug-likeness (QED) is 0.700. The zero-order chi connectivity index (χ0) is 12.6. The fraction of sp³-hybridized carbons (Fsp3) is 0.294. The standard InChI is InChI=1S/C17H20/c1-6-12-9-10-14-13(7-2)15(8-3)17(4,5)16(14)11-12/h7-11H,2-3,6H2,1,4-5H3. The maximum Gasteiger partial charge on any atom is 0.0158 e. The topological polar surface area (TPSA) is 0 Å². The lowest BCUT2D eigenvalue weighted by atomic mass is 9.80. The summed E-state index contributed by atoms with van der Waals surface area (Å²) >= 11 is 0. The zero-order valence-electron chi connectivity index (χ0n) is 11.0. The first-order valence-electron chi connectivity index (χ1n) is 6.19. The Balaban J connectivity index is 2.72. The molecule has 0 saturated heterocycles. The predicted molar refractivity (Wildman–Crippen MR) is 76.2 cm³/mol. The molecule has 1 aliphatic rings. The predicted octanol–water partition coefficient (Wildman–Crippen LogP) is 4.67. The highest BCUT2D eigenvalue weighted by molar-refractivity contribution is 5.87. The lowest BCUT2D eigenvalue weighted by Gasteiger charge is -2.23. The van der Waals surface area contributed by atoms with Crippen LogP contribution in [0.2, 0.25) is 0 Å². The van der Waals surface area contributed by atoms with E-state index < -0.39 is 0 Å². The molecule has 0 unspecified atom stereocenters. The Hall–Kier alpha value is -1.56. The van der Waals surface area contributed by atoms with Gasteiger partial charge in [0.15, 0.2) is 0 Å². The Bertz CT molecular complexity index is 513. The molecule has 0 atom stereocenters. The van der Waals surface area contributed by atoms with Gasteiger partial charge in [0.05, 0.1) is 0 Å². The van der Waals surface area contributed by atoms with Crippen molar-refractivity contribution >= 4 is 5.57 Å². The highest BCUT2D eigenvalue weighted by atomic mass is 14.4. The molecular weight excluding hydrogens is 204 g/mol. The van der Waals surface area contributed by atoms with Crippen molar-refractivity contribution in [2.75, 3.05) is 0 Å². The molecular formula is C17H20. The first kappa shape index (κ1) is 11.9. The van der Waals surface area contributed by atoms with Crippen LogP contribution < -0.4 is 0 Å². The monoisotopic (exact) mass is 224 g/mol. The third-order valence-corrected chi connectivity index (χ3v) is 3.83. The third-order valence-electron chi connectivity index (χ3n) is 3.83. The summed E-state index contributed by atoms with van der Waals surface area (Å²) < 4.78 is 0. The van der Waals surface area contributed by atoms with Crippen LogP contribution in [-0.2, 0) is 11.8 Å². The molecule has 88 valence electrons. The van der Waals surface area contributed by atoms with Crippen molar-refractivity contribution in [3.63, 3.8) is 0 Å². The van der Waals surface area contributed by atoms with Crippen molar-refractivity contribution in [1.29, 1.82) is 0 Å². The molecule has 0 amide bonds. The maximum absolute atomic E-state index is 3.96. The van der Waals surface area contributed by atoms with E-state index in [-0.39, 0.29) is 5.41 Å². The van der Waals surface area contributed by atoms with E-state index >= 15 is 0 Å². The average Bonchev–Trinajstić information content (AvgIpc) is 2.56. The number of benzene rings is 1. The highest BCUT2D eigenvalue weighted by Gasteiger charge is 2.35. The van der Waals surface area contributed by atoms with Gasteiger partial charge in [0.1, 0.15) is 0 Å². The molecule has 0 heterocycles. The first-order valence-corrected chi connectivity index (χ1v) is 6.19. The fourth-order valence-corrected chi connectivity index (χ4v) is 2.78. The van der Waals surface area contributed by atoms with Crippen molar-refractivity contribution in [2.24, 2.45) is 0 Å². The van der Waals surface area contributed by atoms with Gasteiger partial charge in [0.2, 0.25) is 0 Å². The summed E-state index contributed by atoms with van der Waals surface area (Å²) in [6.07, 6.45) is 5.01. The summed E-state index contributed by atoms with van der Waals surface area (Å²) in [6, 6.07) is 6.77. The van der Waals surface area contributed by atoms with Crippen LogP contribution in [0.1, 0.15) is 37.5 Å². The summed E-state index contributed by atoms with van der Waals surface area (Å²) in [7, 11) is 0. The second kappa shape index (κ2) is 4.03. The Labute approximate surface area is 104 Å². The molecule has 0 bridgehead atoms. The molecule has 2 rings (SSSR count). The number of allylic oxidation sites excluding steroid dienone is 4. The van der Waals surface area contributed by atoms with E-state index in [1.54, 1.807) is 0 Å². The molecule has 0 aromatic heterocycles. The van der Waals surface area contributed by atoms with Crippen LogP contribution in [0.25, 0.3) is 5.57 Å². The Morgan fingerprint density at radius 2 is 1.88 bits per heavy atom. The van der Waals surface area contributed by atoms with Crippen LogP contribution in [0.4, 0.5) is 0 Å². The normalized spacial score (nSPS) is 16.9. The van der Waals surface area contributed by atoms with Gasteiger partial charge in [0, 0.05) is 5.41 Å². The van der Waals surface area contributed by atoms with E-state index in [1.807, 2.05) is 12.2 Å².